The number of hydrogen-bond donors (Lipinski definition) is 2. The molecule has 0 aliphatic carbocycles. The Bertz CT molecular complexity index is 773. The quantitative estimate of drug-likeness (QED) is 0.609. The summed E-state index contributed by atoms with van der Waals surface area (Å²) in [6.07, 6.45) is -0.116. The summed E-state index contributed by atoms with van der Waals surface area (Å²) < 4.78 is 12.3. The molecule has 1 atom stereocenters. The van der Waals surface area contributed by atoms with Crippen molar-refractivity contribution in [1.29, 1.82) is 0 Å². The second-order valence-electron chi connectivity index (χ2n) is 9.83. The lowest BCUT2D eigenvalue weighted by Gasteiger charge is -2.43. The van der Waals surface area contributed by atoms with Gasteiger partial charge in [0.2, 0.25) is 0 Å². The van der Waals surface area contributed by atoms with E-state index in [1.54, 1.807) is 0 Å². The van der Waals surface area contributed by atoms with Gasteiger partial charge in [-0.15, -0.1) is 0 Å². The maximum Gasteiger partial charge on any atom is 0.407 e. The van der Waals surface area contributed by atoms with Gasteiger partial charge >= 0.3 is 6.09 Å². The van der Waals surface area contributed by atoms with Crippen LogP contribution >= 0.6 is 0 Å². The topological polar surface area (TPSA) is 67.8 Å². The summed E-state index contributed by atoms with van der Waals surface area (Å²) in [5, 5.41) is 14.6. The van der Waals surface area contributed by atoms with Crippen molar-refractivity contribution in [3.05, 3.63) is 60.7 Å². The first-order chi connectivity index (χ1) is 14.5. The van der Waals surface area contributed by atoms with Crippen LogP contribution in [0.2, 0.25) is 5.04 Å². The standard InChI is InChI=1S/C25H37NO4Si/c1-24(2,3)30-23(28)26-20(17-18-27)19-29-31(25(4,5)6,21-13-9-7-10-14-21)22-15-11-8-12-16-22/h7-16,20,27H,17-19H2,1-6H3,(H,26,28)/t20-/m1/s1. The first-order valence-corrected chi connectivity index (χ1v) is 12.8. The third kappa shape index (κ3) is 6.66. The normalized spacial score (nSPS) is 13.5. The van der Waals surface area contributed by atoms with Gasteiger partial charge in [-0.3, -0.25) is 0 Å². The van der Waals surface area contributed by atoms with Gasteiger partial charge in [0.15, 0.2) is 0 Å². The first-order valence-electron chi connectivity index (χ1n) is 10.8. The molecule has 2 aromatic carbocycles. The zero-order valence-corrected chi connectivity index (χ0v) is 20.6. The maximum atomic E-state index is 12.3. The Morgan fingerprint density at radius 3 is 1.81 bits per heavy atom. The van der Waals surface area contributed by atoms with Crippen LogP contribution in [0.5, 0.6) is 0 Å². The fourth-order valence-electron chi connectivity index (χ4n) is 3.81. The second kappa shape index (κ2) is 10.4. The molecule has 6 heteroatoms. The molecule has 0 spiro atoms. The third-order valence-electron chi connectivity index (χ3n) is 5.12. The highest BCUT2D eigenvalue weighted by Crippen LogP contribution is 2.36. The van der Waals surface area contributed by atoms with Crippen LogP contribution in [0.4, 0.5) is 4.79 Å². The fourth-order valence-corrected chi connectivity index (χ4v) is 8.42. The lowest BCUT2D eigenvalue weighted by molar-refractivity contribution is 0.0476. The Hall–Kier alpha value is -2.15. The molecule has 0 saturated heterocycles. The van der Waals surface area contributed by atoms with Crippen LogP contribution in [0.3, 0.4) is 0 Å². The predicted molar refractivity (Wildman–Crippen MR) is 128 cm³/mol. The molecule has 0 fully saturated rings. The van der Waals surface area contributed by atoms with Crippen LogP contribution < -0.4 is 15.7 Å². The maximum absolute atomic E-state index is 12.3. The van der Waals surface area contributed by atoms with E-state index in [-0.39, 0.29) is 24.3 Å². The van der Waals surface area contributed by atoms with Crippen LogP contribution in [-0.4, -0.2) is 44.4 Å². The van der Waals surface area contributed by atoms with E-state index >= 15 is 0 Å². The number of rotatable bonds is 8. The van der Waals surface area contributed by atoms with Crippen molar-refractivity contribution in [2.45, 2.75) is 64.6 Å². The average molecular weight is 444 g/mol. The monoisotopic (exact) mass is 443 g/mol. The van der Waals surface area contributed by atoms with Crippen LogP contribution in [0.1, 0.15) is 48.0 Å². The summed E-state index contributed by atoms with van der Waals surface area (Å²) in [7, 11) is -2.71. The Kier molecular flexibility index (Phi) is 8.46. The highest BCUT2D eigenvalue weighted by atomic mass is 28.4. The zero-order valence-electron chi connectivity index (χ0n) is 19.6. The molecular weight excluding hydrogens is 406 g/mol. The molecule has 1 amide bonds. The lowest BCUT2D eigenvalue weighted by Crippen LogP contribution is -2.67. The van der Waals surface area contributed by atoms with Crippen molar-refractivity contribution < 1.29 is 19.1 Å². The van der Waals surface area contributed by atoms with E-state index in [1.807, 2.05) is 57.2 Å². The molecule has 0 bridgehead atoms. The van der Waals surface area contributed by atoms with Gasteiger partial charge in [0.1, 0.15) is 5.60 Å². The van der Waals surface area contributed by atoms with Gasteiger partial charge in [-0.05, 0) is 42.6 Å². The summed E-state index contributed by atoms with van der Waals surface area (Å²) >= 11 is 0. The highest BCUT2D eigenvalue weighted by Gasteiger charge is 2.50. The number of nitrogens with one attached hydrogen (secondary N) is 1. The first kappa shape index (κ1) is 25.1. The van der Waals surface area contributed by atoms with Crippen molar-refractivity contribution in [1.82, 2.24) is 5.32 Å². The van der Waals surface area contributed by atoms with Crippen molar-refractivity contribution >= 4 is 24.8 Å². The minimum atomic E-state index is -2.71. The number of aliphatic hydroxyl groups is 1. The SMILES string of the molecule is CC(C)(C)OC(=O)N[C@H](CCO)CO[Si](c1ccccc1)(c1ccccc1)C(C)(C)C. The van der Waals surface area contributed by atoms with E-state index in [2.05, 4.69) is 50.4 Å². The minimum absolute atomic E-state index is 0.0510. The Morgan fingerprint density at radius 1 is 0.935 bits per heavy atom. The number of hydrogen-bond acceptors (Lipinski definition) is 4. The number of ether oxygens (including phenoxy) is 1. The minimum Gasteiger partial charge on any atom is -0.444 e. The summed E-state index contributed by atoms with van der Waals surface area (Å²) in [5.74, 6) is 0. The molecular formula is C25H37NO4Si. The van der Waals surface area contributed by atoms with E-state index in [0.29, 0.717) is 6.42 Å². The molecule has 5 nitrogen and oxygen atoms in total. The predicted octanol–water partition coefficient (Wildman–Crippen LogP) is 3.84. The van der Waals surface area contributed by atoms with Gasteiger partial charge in [-0.25, -0.2) is 4.79 Å². The molecule has 2 N–H and O–H groups in total. The van der Waals surface area contributed by atoms with Gasteiger partial charge in [0.05, 0.1) is 12.6 Å². The molecule has 2 rings (SSSR count). The van der Waals surface area contributed by atoms with Gasteiger partial charge < -0.3 is 19.6 Å². The molecule has 0 aromatic heterocycles. The van der Waals surface area contributed by atoms with Crippen LogP contribution in [0.15, 0.2) is 60.7 Å². The van der Waals surface area contributed by atoms with Gasteiger partial charge in [-0.2, -0.15) is 0 Å². The zero-order chi connectivity index (χ0) is 23.1. The number of amides is 1. The van der Waals surface area contributed by atoms with Crippen LogP contribution in [0.25, 0.3) is 0 Å². The number of alkyl carbamates (subject to hydrolysis) is 1. The molecule has 0 aliphatic rings. The fraction of sp³-hybridized carbons (Fsp3) is 0.480. The summed E-state index contributed by atoms with van der Waals surface area (Å²) in [6.45, 7) is 12.3. The lowest BCUT2D eigenvalue weighted by atomic mass is 10.2. The highest BCUT2D eigenvalue weighted by molar-refractivity contribution is 6.99. The van der Waals surface area contributed by atoms with E-state index in [1.165, 1.54) is 10.4 Å². The van der Waals surface area contributed by atoms with Crippen LogP contribution in [-0.2, 0) is 9.16 Å². The number of benzene rings is 2. The second-order valence-corrected chi connectivity index (χ2v) is 14.1. The molecule has 0 heterocycles. The van der Waals surface area contributed by atoms with Gasteiger partial charge in [0.25, 0.3) is 8.32 Å². The molecule has 0 aliphatic heterocycles. The Labute approximate surface area is 187 Å². The van der Waals surface area contributed by atoms with Crippen molar-refractivity contribution in [2.75, 3.05) is 13.2 Å². The molecule has 0 unspecified atom stereocenters. The van der Waals surface area contributed by atoms with E-state index in [9.17, 15) is 9.90 Å². The molecule has 0 saturated carbocycles. The van der Waals surface area contributed by atoms with Gasteiger partial charge in [-0.1, -0.05) is 81.4 Å². The number of carbonyl (C=O) groups is 1. The summed E-state index contributed by atoms with van der Waals surface area (Å²) in [4.78, 5) is 12.3. The Balaban J connectivity index is 2.39. The molecule has 2 aromatic rings. The van der Waals surface area contributed by atoms with Crippen molar-refractivity contribution in [2.24, 2.45) is 0 Å². The van der Waals surface area contributed by atoms with Crippen LogP contribution in [0, 0.1) is 0 Å². The van der Waals surface area contributed by atoms with E-state index < -0.39 is 20.0 Å². The third-order valence-corrected chi connectivity index (χ3v) is 10.1. The Morgan fingerprint density at radius 2 is 1.42 bits per heavy atom. The van der Waals surface area contributed by atoms with E-state index in [0.717, 1.165) is 0 Å². The largest absolute Gasteiger partial charge is 0.444 e. The average Bonchev–Trinajstić information content (AvgIpc) is 2.67. The van der Waals surface area contributed by atoms with Crippen molar-refractivity contribution in [3.8, 4) is 0 Å². The van der Waals surface area contributed by atoms with Gasteiger partial charge in [0, 0.05) is 6.61 Å². The number of carbonyl (C=O) groups excluding carboxylic acids is 1. The molecule has 0 radical (unpaired) electrons. The summed E-state index contributed by atoms with van der Waals surface area (Å²) in [5.41, 5.74) is -0.591. The molecule has 170 valence electrons. The number of aliphatic hydroxyl groups excluding tert-OH is 1. The smallest absolute Gasteiger partial charge is 0.407 e. The molecule has 31 heavy (non-hydrogen) atoms. The van der Waals surface area contributed by atoms with E-state index in [4.69, 9.17) is 9.16 Å². The van der Waals surface area contributed by atoms with Crippen molar-refractivity contribution in [3.63, 3.8) is 0 Å². The summed E-state index contributed by atoms with van der Waals surface area (Å²) in [6, 6.07) is 20.3.